The van der Waals surface area contributed by atoms with Crippen LogP contribution in [0.5, 0.6) is 0 Å². The van der Waals surface area contributed by atoms with E-state index in [1.54, 1.807) is 11.1 Å². The fourth-order valence-corrected chi connectivity index (χ4v) is 11.3. The van der Waals surface area contributed by atoms with Gasteiger partial charge in [-0.15, -0.1) is 0 Å². The molecule has 10 aromatic rings. The van der Waals surface area contributed by atoms with E-state index in [0.29, 0.717) is 0 Å². The standard InChI is InChI=1S/C61H54/c1-3-5-7-9-37-61(38-10-8-6-4-2)55-39-41(17-21-43-23-25-49-29-27-45-13-11-15-47-31-35-51(43)59(49)57(45)47)19-33-53(55)54-34-20-42(40-56(54)61)18-22-44-24-26-50-30-28-46-14-12-16-48-32-36-52(44)60(50)58(46)48/h11-36,39-40H,3-10,37-38H2,1-2H3/b21-17+,22-18+. The molecule has 61 heavy (non-hydrogen) atoms. The minimum atomic E-state index is -0.000153. The van der Waals surface area contributed by atoms with Crippen LogP contribution in [0.25, 0.3) is 100 Å². The zero-order chi connectivity index (χ0) is 40.9. The molecule has 10 aromatic carbocycles. The van der Waals surface area contributed by atoms with Gasteiger partial charge in [-0.3, -0.25) is 0 Å². The number of hydrogen-bond donors (Lipinski definition) is 0. The molecule has 0 radical (unpaired) electrons. The lowest BCUT2D eigenvalue weighted by atomic mass is 9.70. The maximum absolute atomic E-state index is 2.57. The highest BCUT2D eigenvalue weighted by atomic mass is 14.4. The van der Waals surface area contributed by atoms with Gasteiger partial charge in [0.1, 0.15) is 0 Å². The molecule has 0 fully saturated rings. The quantitative estimate of drug-likeness (QED) is 0.0585. The molecule has 0 amide bonds. The van der Waals surface area contributed by atoms with E-state index in [-0.39, 0.29) is 5.41 Å². The number of fused-ring (bicyclic) bond motifs is 3. The van der Waals surface area contributed by atoms with Gasteiger partial charge >= 0.3 is 0 Å². The van der Waals surface area contributed by atoms with E-state index in [0.717, 1.165) is 0 Å². The molecule has 0 aromatic heterocycles. The van der Waals surface area contributed by atoms with E-state index in [1.807, 2.05) is 0 Å². The van der Waals surface area contributed by atoms with Gasteiger partial charge in [0.15, 0.2) is 0 Å². The average molecular weight is 787 g/mol. The maximum atomic E-state index is 2.57. The Morgan fingerprint density at radius 1 is 0.361 bits per heavy atom. The molecule has 0 bridgehead atoms. The highest BCUT2D eigenvalue weighted by Crippen LogP contribution is 2.55. The maximum Gasteiger partial charge on any atom is 0.0215 e. The number of unbranched alkanes of at least 4 members (excludes halogenated alkanes) is 6. The average Bonchev–Trinajstić information content (AvgIpc) is 3.57. The number of hydrogen-bond acceptors (Lipinski definition) is 0. The highest BCUT2D eigenvalue weighted by molar-refractivity contribution is 6.25. The first kappa shape index (κ1) is 37.7. The van der Waals surface area contributed by atoms with Gasteiger partial charge < -0.3 is 0 Å². The van der Waals surface area contributed by atoms with E-state index in [9.17, 15) is 0 Å². The van der Waals surface area contributed by atoms with Crippen LogP contribution in [0, 0.1) is 0 Å². The Morgan fingerprint density at radius 2 is 0.754 bits per heavy atom. The molecule has 0 unspecified atom stereocenters. The highest BCUT2D eigenvalue weighted by Gasteiger charge is 2.42. The largest absolute Gasteiger partial charge is 0.0654 e. The summed E-state index contributed by atoms with van der Waals surface area (Å²) in [5.41, 5.74) is 11.1. The zero-order valence-electron chi connectivity index (χ0n) is 35.7. The summed E-state index contributed by atoms with van der Waals surface area (Å²) in [5, 5.41) is 16.1. The molecule has 0 N–H and O–H groups in total. The third-order valence-electron chi connectivity index (χ3n) is 14.4. The van der Waals surface area contributed by atoms with Crippen molar-refractivity contribution in [2.24, 2.45) is 0 Å². The van der Waals surface area contributed by atoms with Crippen LogP contribution < -0.4 is 0 Å². The van der Waals surface area contributed by atoms with E-state index < -0.39 is 0 Å². The molecule has 0 nitrogen and oxygen atoms in total. The summed E-state index contributed by atoms with van der Waals surface area (Å²) in [6.07, 6.45) is 22.1. The molecular formula is C61H54. The van der Waals surface area contributed by atoms with Gasteiger partial charge in [-0.05, 0) is 122 Å². The van der Waals surface area contributed by atoms with Crippen LogP contribution in [0.3, 0.4) is 0 Å². The molecule has 0 saturated heterocycles. The zero-order valence-corrected chi connectivity index (χ0v) is 35.7. The van der Waals surface area contributed by atoms with E-state index >= 15 is 0 Å². The molecule has 0 saturated carbocycles. The third kappa shape index (κ3) is 6.42. The summed E-state index contributed by atoms with van der Waals surface area (Å²) < 4.78 is 0. The van der Waals surface area contributed by atoms with Crippen molar-refractivity contribution in [1.82, 2.24) is 0 Å². The minimum Gasteiger partial charge on any atom is -0.0654 e. The monoisotopic (exact) mass is 786 g/mol. The van der Waals surface area contributed by atoms with Crippen LogP contribution >= 0.6 is 0 Å². The summed E-state index contributed by atoms with van der Waals surface area (Å²) in [4.78, 5) is 0. The molecule has 0 atom stereocenters. The van der Waals surface area contributed by atoms with Crippen molar-refractivity contribution in [3.63, 3.8) is 0 Å². The molecule has 1 aliphatic rings. The number of rotatable bonds is 14. The van der Waals surface area contributed by atoms with Crippen molar-refractivity contribution in [3.8, 4) is 11.1 Å². The molecule has 11 rings (SSSR count). The SMILES string of the molecule is CCCCCCC1(CCCCCC)c2cc(/C=C/c3ccc4ccc5cccc6ccc3c4c56)ccc2-c2ccc(/C=C/c3ccc4ccc5cccc6ccc3c4c56)cc21. The van der Waals surface area contributed by atoms with Gasteiger partial charge in [0, 0.05) is 5.41 Å². The second kappa shape index (κ2) is 15.7. The van der Waals surface area contributed by atoms with E-state index in [4.69, 9.17) is 0 Å². The fourth-order valence-electron chi connectivity index (χ4n) is 11.3. The summed E-state index contributed by atoms with van der Waals surface area (Å²) in [6, 6.07) is 55.7. The summed E-state index contributed by atoms with van der Waals surface area (Å²) >= 11 is 0. The van der Waals surface area contributed by atoms with Crippen molar-refractivity contribution in [2.75, 3.05) is 0 Å². The molecule has 298 valence electrons. The fraction of sp³-hybridized carbons (Fsp3) is 0.213. The predicted octanol–water partition coefficient (Wildman–Crippen LogP) is 18.0. The smallest absolute Gasteiger partial charge is 0.0215 e. The van der Waals surface area contributed by atoms with Crippen molar-refractivity contribution in [2.45, 2.75) is 83.5 Å². The Hall–Kier alpha value is -6.24. The Labute approximate surface area is 360 Å². The second-order valence-corrected chi connectivity index (χ2v) is 18.0. The first-order valence-electron chi connectivity index (χ1n) is 23.1. The molecule has 1 aliphatic carbocycles. The van der Waals surface area contributed by atoms with Crippen LogP contribution in [-0.2, 0) is 5.41 Å². The van der Waals surface area contributed by atoms with Gasteiger partial charge in [-0.25, -0.2) is 0 Å². The summed E-state index contributed by atoms with van der Waals surface area (Å²) in [6.45, 7) is 4.67. The predicted molar refractivity (Wildman–Crippen MR) is 268 cm³/mol. The van der Waals surface area contributed by atoms with Crippen molar-refractivity contribution >= 4 is 88.9 Å². The molecular weight excluding hydrogens is 733 g/mol. The first-order chi connectivity index (χ1) is 30.1. The van der Waals surface area contributed by atoms with Gasteiger partial charge in [0.2, 0.25) is 0 Å². The molecule has 0 spiro atoms. The lowest BCUT2D eigenvalue weighted by Crippen LogP contribution is -2.25. The van der Waals surface area contributed by atoms with Crippen molar-refractivity contribution < 1.29 is 0 Å². The summed E-state index contributed by atoms with van der Waals surface area (Å²) in [7, 11) is 0. The van der Waals surface area contributed by atoms with Crippen LogP contribution in [0.1, 0.15) is 111 Å². The Morgan fingerprint density at radius 3 is 1.18 bits per heavy atom. The van der Waals surface area contributed by atoms with Gasteiger partial charge in [-0.2, -0.15) is 0 Å². The first-order valence-corrected chi connectivity index (χ1v) is 23.1. The Balaban J connectivity index is 0.991. The Kier molecular flexibility index (Phi) is 9.69. The van der Waals surface area contributed by atoms with Crippen molar-refractivity contribution in [1.29, 1.82) is 0 Å². The lowest BCUT2D eigenvalue weighted by molar-refractivity contribution is 0.401. The Bertz CT molecular complexity index is 3030. The number of benzene rings is 10. The van der Waals surface area contributed by atoms with Crippen molar-refractivity contribution in [3.05, 3.63) is 179 Å². The van der Waals surface area contributed by atoms with Crippen LogP contribution in [-0.4, -0.2) is 0 Å². The normalized spacial score (nSPS) is 13.7. The van der Waals surface area contributed by atoms with Gasteiger partial charge in [0.25, 0.3) is 0 Å². The van der Waals surface area contributed by atoms with Crippen LogP contribution in [0.4, 0.5) is 0 Å². The minimum absolute atomic E-state index is 0.000153. The topological polar surface area (TPSA) is 0 Å². The lowest BCUT2D eigenvalue weighted by Gasteiger charge is -2.33. The van der Waals surface area contributed by atoms with Gasteiger partial charge in [0.05, 0.1) is 0 Å². The van der Waals surface area contributed by atoms with E-state index in [1.165, 1.54) is 162 Å². The van der Waals surface area contributed by atoms with E-state index in [2.05, 4.69) is 184 Å². The molecule has 0 heteroatoms. The summed E-state index contributed by atoms with van der Waals surface area (Å²) in [5.74, 6) is 0. The molecule has 0 heterocycles. The van der Waals surface area contributed by atoms with Crippen LogP contribution in [0.15, 0.2) is 146 Å². The third-order valence-corrected chi connectivity index (χ3v) is 14.4. The second-order valence-electron chi connectivity index (χ2n) is 18.0. The van der Waals surface area contributed by atoms with Crippen LogP contribution in [0.2, 0.25) is 0 Å². The van der Waals surface area contributed by atoms with Gasteiger partial charge in [-0.1, -0.05) is 235 Å². The molecule has 0 aliphatic heterocycles.